The van der Waals surface area contributed by atoms with Crippen molar-refractivity contribution in [2.75, 3.05) is 0 Å². The minimum atomic E-state index is -0.608. The van der Waals surface area contributed by atoms with Gasteiger partial charge in [0, 0.05) is 6.42 Å². The number of carbonyl (C=O) groups excluding carboxylic acids is 2. The number of cyclic esters (lactones) is 1. The van der Waals surface area contributed by atoms with Crippen LogP contribution in [0, 0.1) is 5.92 Å². The molecule has 7 atom stereocenters. The first kappa shape index (κ1) is 37.2. The molecule has 2 saturated heterocycles. The van der Waals surface area contributed by atoms with Crippen LogP contribution in [0.25, 0.3) is 0 Å². The minimum Gasteiger partial charge on any atom is -0.462 e. The number of aliphatic hydroxyl groups is 3. The van der Waals surface area contributed by atoms with Gasteiger partial charge in [-0.1, -0.05) is 96.8 Å². The Labute approximate surface area is 256 Å². The molecule has 246 valence electrons. The van der Waals surface area contributed by atoms with Crippen molar-refractivity contribution in [3.05, 3.63) is 0 Å². The predicted molar refractivity (Wildman–Crippen MR) is 167 cm³/mol. The van der Waals surface area contributed by atoms with Crippen LogP contribution in [0.5, 0.6) is 0 Å². The zero-order valence-corrected chi connectivity index (χ0v) is 27.0. The second-order valence-corrected chi connectivity index (χ2v) is 13.4. The van der Waals surface area contributed by atoms with Crippen LogP contribution in [-0.4, -0.2) is 63.7 Å². The number of esters is 1. The third-order valence-electron chi connectivity index (χ3n) is 9.35. The smallest absolute Gasteiger partial charge is 0.309 e. The number of hydrogen-bond donors (Lipinski definition) is 3. The Morgan fingerprint density at radius 3 is 1.86 bits per heavy atom. The zero-order chi connectivity index (χ0) is 30.6. The Morgan fingerprint density at radius 1 is 0.738 bits per heavy atom. The Bertz CT molecular complexity index is 713. The van der Waals surface area contributed by atoms with Gasteiger partial charge in [-0.3, -0.25) is 4.79 Å². The summed E-state index contributed by atoms with van der Waals surface area (Å²) in [6, 6.07) is 0. The third-order valence-corrected chi connectivity index (χ3v) is 9.35. The largest absolute Gasteiger partial charge is 0.462 e. The molecule has 0 aromatic carbocycles. The standard InChI is InChI=1S/C35H64O7/c1-3-4-5-6-7-8-9-10-11-12-13-17-20-31(38)33-23-24-34(42-33)32(39)22-21-29(37)18-15-14-16-19-30-26-28(25-27(2)36)35(40)41-30/h28-34,37-39H,3-26H2,1-2H3/t28-,29+,30+,31+,32+,33+,34+/m0/s1. The van der Waals surface area contributed by atoms with Crippen LogP contribution in [0.3, 0.4) is 0 Å². The maximum absolute atomic E-state index is 11.8. The number of aliphatic hydroxyl groups excluding tert-OH is 3. The highest BCUT2D eigenvalue weighted by Crippen LogP contribution is 2.29. The van der Waals surface area contributed by atoms with Crippen LogP contribution in [0.1, 0.15) is 168 Å². The number of unbranched alkanes of at least 4 members (excludes halogenated alkanes) is 13. The molecule has 0 aromatic rings. The van der Waals surface area contributed by atoms with E-state index in [1.54, 1.807) is 0 Å². The van der Waals surface area contributed by atoms with E-state index in [4.69, 9.17) is 9.47 Å². The zero-order valence-electron chi connectivity index (χ0n) is 27.0. The van der Waals surface area contributed by atoms with Crippen molar-refractivity contribution in [3.63, 3.8) is 0 Å². The van der Waals surface area contributed by atoms with Crippen molar-refractivity contribution in [2.45, 2.75) is 205 Å². The summed E-state index contributed by atoms with van der Waals surface area (Å²) in [5.41, 5.74) is 0. The number of carbonyl (C=O) groups is 2. The van der Waals surface area contributed by atoms with E-state index < -0.39 is 18.3 Å². The summed E-state index contributed by atoms with van der Waals surface area (Å²) in [6.45, 7) is 3.77. The van der Waals surface area contributed by atoms with E-state index in [0.29, 0.717) is 25.7 Å². The summed E-state index contributed by atoms with van der Waals surface area (Å²) < 4.78 is 11.4. The molecule has 0 saturated carbocycles. The van der Waals surface area contributed by atoms with Gasteiger partial charge in [0.25, 0.3) is 0 Å². The SMILES string of the molecule is CCCCCCCCCCCCCC[C@@H](O)[C@H]1CC[C@H]([C@H](O)CC[C@H](O)CCCCC[C@@H]2C[C@H](CC(C)=O)C(=O)O2)O1. The van der Waals surface area contributed by atoms with Gasteiger partial charge < -0.3 is 29.6 Å². The molecule has 2 aliphatic rings. The maximum atomic E-state index is 11.8. The van der Waals surface area contributed by atoms with Gasteiger partial charge in [-0.15, -0.1) is 0 Å². The van der Waals surface area contributed by atoms with E-state index in [0.717, 1.165) is 51.4 Å². The molecular formula is C35H64O7. The molecule has 7 nitrogen and oxygen atoms in total. The predicted octanol–water partition coefficient (Wildman–Crippen LogP) is 7.35. The summed E-state index contributed by atoms with van der Waals surface area (Å²) in [7, 11) is 0. The number of hydrogen-bond acceptors (Lipinski definition) is 7. The first-order valence-corrected chi connectivity index (χ1v) is 17.7. The van der Waals surface area contributed by atoms with Crippen molar-refractivity contribution >= 4 is 11.8 Å². The van der Waals surface area contributed by atoms with E-state index >= 15 is 0 Å². The van der Waals surface area contributed by atoms with E-state index in [1.807, 2.05) is 0 Å². The third kappa shape index (κ3) is 16.2. The summed E-state index contributed by atoms with van der Waals surface area (Å²) in [6.07, 6.45) is 22.2. The van der Waals surface area contributed by atoms with E-state index in [-0.39, 0.29) is 42.4 Å². The molecule has 2 fully saturated rings. The van der Waals surface area contributed by atoms with Crippen molar-refractivity contribution in [2.24, 2.45) is 5.92 Å². The molecule has 0 spiro atoms. The van der Waals surface area contributed by atoms with Crippen LogP contribution in [0.4, 0.5) is 0 Å². The fraction of sp³-hybridized carbons (Fsp3) is 0.943. The average Bonchev–Trinajstić information content (AvgIpc) is 3.59. The fourth-order valence-electron chi connectivity index (χ4n) is 6.67. The van der Waals surface area contributed by atoms with Gasteiger partial charge in [-0.2, -0.15) is 0 Å². The number of ketones is 1. The molecule has 0 radical (unpaired) electrons. The number of Topliss-reactive ketones (excluding diaryl/α,β-unsaturated/α-hetero) is 1. The molecule has 0 unspecified atom stereocenters. The number of ether oxygens (including phenoxy) is 2. The minimum absolute atomic E-state index is 0.0265. The lowest BCUT2D eigenvalue weighted by Gasteiger charge is -2.23. The van der Waals surface area contributed by atoms with Crippen molar-refractivity contribution in [1.82, 2.24) is 0 Å². The lowest BCUT2D eigenvalue weighted by molar-refractivity contribution is -0.145. The van der Waals surface area contributed by atoms with Crippen molar-refractivity contribution in [1.29, 1.82) is 0 Å². The van der Waals surface area contributed by atoms with Gasteiger partial charge in [0.05, 0.1) is 36.4 Å². The Hall–Kier alpha value is -1.02. The van der Waals surface area contributed by atoms with Crippen LogP contribution in [-0.2, 0) is 19.1 Å². The molecule has 42 heavy (non-hydrogen) atoms. The Balaban J connectivity index is 1.43. The first-order chi connectivity index (χ1) is 20.3. The summed E-state index contributed by atoms with van der Waals surface area (Å²) in [4.78, 5) is 23.1. The fourth-order valence-corrected chi connectivity index (χ4v) is 6.67. The second-order valence-electron chi connectivity index (χ2n) is 13.4. The first-order valence-electron chi connectivity index (χ1n) is 17.7. The lowest BCUT2D eigenvalue weighted by Crippen LogP contribution is -2.31. The van der Waals surface area contributed by atoms with Gasteiger partial charge in [-0.05, 0) is 64.7 Å². The van der Waals surface area contributed by atoms with Crippen molar-refractivity contribution < 1.29 is 34.4 Å². The number of rotatable bonds is 26. The van der Waals surface area contributed by atoms with Crippen LogP contribution in [0.15, 0.2) is 0 Å². The van der Waals surface area contributed by atoms with E-state index in [1.165, 1.54) is 77.6 Å². The topological polar surface area (TPSA) is 113 Å². The second kappa shape index (κ2) is 22.5. The van der Waals surface area contributed by atoms with Crippen LogP contribution < -0.4 is 0 Å². The van der Waals surface area contributed by atoms with Crippen LogP contribution in [0.2, 0.25) is 0 Å². The van der Waals surface area contributed by atoms with Gasteiger partial charge in [-0.25, -0.2) is 0 Å². The lowest BCUT2D eigenvalue weighted by atomic mass is 9.96. The van der Waals surface area contributed by atoms with Gasteiger partial charge in [0.2, 0.25) is 0 Å². The normalized spacial score (nSPS) is 24.5. The highest BCUT2D eigenvalue weighted by molar-refractivity contribution is 5.83. The quantitative estimate of drug-likeness (QED) is 0.0707. The van der Waals surface area contributed by atoms with Crippen molar-refractivity contribution in [3.8, 4) is 0 Å². The van der Waals surface area contributed by atoms with E-state index in [9.17, 15) is 24.9 Å². The summed E-state index contributed by atoms with van der Waals surface area (Å²) in [5.74, 6) is -0.489. The molecule has 0 amide bonds. The molecule has 2 aliphatic heterocycles. The van der Waals surface area contributed by atoms with E-state index in [2.05, 4.69) is 6.92 Å². The summed E-state index contributed by atoms with van der Waals surface area (Å²) >= 11 is 0. The van der Waals surface area contributed by atoms with Gasteiger partial charge in [0.15, 0.2) is 0 Å². The molecule has 2 heterocycles. The van der Waals surface area contributed by atoms with Gasteiger partial charge >= 0.3 is 5.97 Å². The summed E-state index contributed by atoms with van der Waals surface area (Å²) in [5, 5.41) is 31.6. The molecule has 0 bridgehead atoms. The Kier molecular flexibility index (Phi) is 19.9. The molecule has 3 N–H and O–H groups in total. The highest BCUT2D eigenvalue weighted by Gasteiger charge is 2.35. The maximum Gasteiger partial charge on any atom is 0.309 e. The van der Waals surface area contributed by atoms with Crippen LogP contribution >= 0.6 is 0 Å². The highest BCUT2D eigenvalue weighted by atomic mass is 16.6. The average molecular weight is 597 g/mol. The molecule has 0 aromatic heterocycles. The molecule has 7 heteroatoms. The molecule has 2 rings (SSSR count). The molecular weight excluding hydrogens is 532 g/mol. The molecule has 0 aliphatic carbocycles. The van der Waals surface area contributed by atoms with Gasteiger partial charge in [0.1, 0.15) is 11.9 Å². The monoisotopic (exact) mass is 596 g/mol. The Morgan fingerprint density at radius 2 is 1.26 bits per heavy atom.